The molecule has 0 saturated carbocycles. The number of anilines is 1. The van der Waals surface area contributed by atoms with Gasteiger partial charge in [0.2, 0.25) is 0 Å². The van der Waals surface area contributed by atoms with Crippen molar-refractivity contribution in [2.24, 2.45) is 4.99 Å². The number of hydrogen-bond acceptors (Lipinski definition) is 4. The van der Waals surface area contributed by atoms with Gasteiger partial charge in [0.05, 0.1) is 21.3 Å². The average molecular weight is 471 g/mol. The first-order valence-corrected chi connectivity index (χ1v) is 7.94. The molecule has 2 aromatic carbocycles. The van der Waals surface area contributed by atoms with E-state index in [1.54, 1.807) is 28.4 Å². The summed E-state index contributed by atoms with van der Waals surface area (Å²) in [6.45, 7) is 2.68. The zero-order valence-electron chi connectivity index (χ0n) is 15.8. The Kier molecular flexibility index (Phi) is 9.04. The summed E-state index contributed by atoms with van der Waals surface area (Å²) in [4.78, 5) is 4.25. The topological polar surface area (TPSA) is 64.1 Å². The lowest BCUT2D eigenvalue weighted by molar-refractivity contribution is 0.355. The molecule has 0 aromatic heterocycles. The van der Waals surface area contributed by atoms with Crippen LogP contribution in [0.4, 0.5) is 5.69 Å². The molecule has 0 bridgehead atoms. The van der Waals surface area contributed by atoms with Crippen molar-refractivity contribution in [3.63, 3.8) is 0 Å². The summed E-state index contributed by atoms with van der Waals surface area (Å²) in [5.41, 5.74) is 3.11. The molecular formula is C19H26IN3O3. The number of aliphatic imine (C=N–C) groups is 1. The van der Waals surface area contributed by atoms with Crippen LogP contribution in [0.3, 0.4) is 0 Å². The van der Waals surface area contributed by atoms with E-state index >= 15 is 0 Å². The molecule has 0 atom stereocenters. The van der Waals surface area contributed by atoms with Gasteiger partial charge in [0.15, 0.2) is 17.5 Å². The number of benzene rings is 2. The zero-order chi connectivity index (χ0) is 18.2. The smallest absolute Gasteiger partial charge is 0.195 e. The highest BCUT2D eigenvalue weighted by molar-refractivity contribution is 14.0. The SMILES string of the molecule is CN=C(NCc1ccc(OC)c(C)c1)Nc1ccc(OC)c(OC)c1.I. The van der Waals surface area contributed by atoms with Crippen molar-refractivity contribution in [3.8, 4) is 17.2 Å². The Balaban J connectivity index is 0.00000338. The van der Waals surface area contributed by atoms with Crippen LogP contribution in [0.15, 0.2) is 41.4 Å². The van der Waals surface area contributed by atoms with Gasteiger partial charge >= 0.3 is 0 Å². The second-order valence-electron chi connectivity index (χ2n) is 5.42. The maximum absolute atomic E-state index is 5.32. The minimum absolute atomic E-state index is 0. The Morgan fingerprint density at radius 1 is 0.923 bits per heavy atom. The van der Waals surface area contributed by atoms with Crippen molar-refractivity contribution in [2.75, 3.05) is 33.7 Å². The fourth-order valence-electron chi connectivity index (χ4n) is 2.47. The lowest BCUT2D eigenvalue weighted by Gasteiger charge is -2.14. The van der Waals surface area contributed by atoms with Gasteiger partial charge in [-0.05, 0) is 36.2 Å². The number of aryl methyl sites for hydroxylation is 1. The van der Waals surface area contributed by atoms with Crippen LogP contribution in [0.1, 0.15) is 11.1 Å². The number of nitrogens with one attached hydrogen (secondary N) is 2. The van der Waals surface area contributed by atoms with Crippen LogP contribution in [0.2, 0.25) is 0 Å². The van der Waals surface area contributed by atoms with E-state index in [2.05, 4.69) is 21.7 Å². The van der Waals surface area contributed by atoms with Crippen LogP contribution in [-0.4, -0.2) is 34.3 Å². The number of halogens is 1. The summed E-state index contributed by atoms with van der Waals surface area (Å²) in [6.07, 6.45) is 0. The number of methoxy groups -OCH3 is 3. The van der Waals surface area contributed by atoms with E-state index in [1.807, 2.05) is 37.3 Å². The molecule has 0 heterocycles. The predicted octanol–water partition coefficient (Wildman–Crippen LogP) is 3.83. The first-order chi connectivity index (χ1) is 12.1. The van der Waals surface area contributed by atoms with E-state index < -0.39 is 0 Å². The van der Waals surface area contributed by atoms with Gasteiger partial charge in [-0.15, -0.1) is 24.0 Å². The Morgan fingerprint density at radius 3 is 2.15 bits per heavy atom. The fraction of sp³-hybridized carbons (Fsp3) is 0.316. The van der Waals surface area contributed by atoms with Crippen LogP contribution >= 0.6 is 24.0 Å². The summed E-state index contributed by atoms with van der Waals surface area (Å²) in [5.74, 6) is 2.90. The molecule has 2 rings (SSSR count). The summed E-state index contributed by atoms with van der Waals surface area (Å²) < 4.78 is 15.9. The van der Waals surface area contributed by atoms with E-state index in [9.17, 15) is 0 Å². The lowest BCUT2D eigenvalue weighted by Crippen LogP contribution is -2.30. The molecule has 0 fully saturated rings. The minimum Gasteiger partial charge on any atom is -0.496 e. The second-order valence-corrected chi connectivity index (χ2v) is 5.42. The van der Waals surface area contributed by atoms with E-state index in [0.717, 1.165) is 22.6 Å². The van der Waals surface area contributed by atoms with E-state index in [-0.39, 0.29) is 24.0 Å². The molecule has 0 aliphatic rings. The quantitative estimate of drug-likeness (QED) is 0.381. The number of hydrogen-bond donors (Lipinski definition) is 2. The average Bonchev–Trinajstić information content (AvgIpc) is 2.64. The zero-order valence-corrected chi connectivity index (χ0v) is 18.1. The van der Waals surface area contributed by atoms with E-state index in [0.29, 0.717) is 24.0 Å². The molecule has 0 unspecified atom stereocenters. The normalized spacial score (nSPS) is 10.6. The maximum atomic E-state index is 5.32. The Morgan fingerprint density at radius 2 is 1.58 bits per heavy atom. The van der Waals surface area contributed by atoms with Gasteiger partial charge in [-0.3, -0.25) is 4.99 Å². The van der Waals surface area contributed by atoms with Gasteiger partial charge < -0.3 is 24.8 Å². The highest BCUT2D eigenvalue weighted by Crippen LogP contribution is 2.29. The molecule has 0 aliphatic heterocycles. The number of rotatable bonds is 6. The first kappa shape index (κ1) is 21.9. The van der Waals surface area contributed by atoms with Gasteiger partial charge in [0.25, 0.3) is 0 Å². The lowest BCUT2D eigenvalue weighted by atomic mass is 10.1. The predicted molar refractivity (Wildman–Crippen MR) is 117 cm³/mol. The van der Waals surface area contributed by atoms with Crippen molar-refractivity contribution in [3.05, 3.63) is 47.5 Å². The van der Waals surface area contributed by atoms with Crippen molar-refractivity contribution in [2.45, 2.75) is 13.5 Å². The monoisotopic (exact) mass is 471 g/mol. The van der Waals surface area contributed by atoms with Gasteiger partial charge in [0, 0.05) is 25.3 Å². The van der Waals surface area contributed by atoms with Crippen molar-refractivity contribution in [1.82, 2.24) is 5.32 Å². The summed E-state index contributed by atoms with van der Waals surface area (Å²) in [6, 6.07) is 11.7. The molecule has 2 aromatic rings. The van der Waals surface area contributed by atoms with E-state index in [1.165, 1.54) is 0 Å². The van der Waals surface area contributed by atoms with Crippen LogP contribution in [0, 0.1) is 6.92 Å². The third kappa shape index (κ3) is 5.69. The third-order valence-corrected chi connectivity index (χ3v) is 3.79. The highest BCUT2D eigenvalue weighted by atomic mass is 127. The molecule has 0 amide bonds. The molecular weight excluding hydrogens is 445 g/mol. The van der Waals surface area contributed by atoms with E-state index in [4.69, 9.17) is 14.2 Å². The molecule has 0 aliphatic carbocycles. The largest absolute Gasteiger partial charge is 0.496 e. The minimum atomic E-state index is 0. The second kappa shape index (κ2) is 10.7. The molecule has 6 nitrogen and oxygen atoms in total. The van der Waals surface area contributed by atoms with Crippen LogP contribution in [0.25, 0.3) is 0 Å². The summed E-state index contributed by atoms with van der Waals surface area (Å²) in [7, 11) is 6.63. The van der Waals surface area contributed by atoms with Gasteiger partial charge in [0.1, 0.15) is 5.75 Å². The molecule has 142 valence electrons. The van der Waals surface area contributed by atoms with Gasteiger partial charge in [-0.1, -0.05) is 12.1 Å². The van der Waals surface area contributed by atoms with Gasteiger partial charge in [-0.2, -0.15) is 0 Å². The molecule has 0 spiro atoms. The first-order valence-electron chi connectivity index (χ1n) is 7.94. The summed E-state index contributed by atoms with van der Waals surface area (Å²) >= 11 is 0. The Labute approximate surface area is 172 Å². The molecule has 2 N–H and O–H groups in total. The van der Waals surface area contributed by atoms with Crippen LogP contribution in [-0.2, 0) is 6.54 Å². The standard InChI is InChI=1S/C19H25N3O3.HI/c1-13-10-14(6-8-16(13)23-3)12-21-19(20-2)22-15-7-9-17(24-4)18(11-15)25-5;/h6-11H,12H2,1-5H3,(H2,20,21,22);1H. The molecule has 0 radical (unpaired) electrons. The molecule has 7 heteroatoms. The third-order valence-electron chi connectivity index (χ3n) is 3.79. The highest BCUT2D eigenvalue weighted by Gasteiger charge is 2.07. The Hall–Kier alpha value is -2.16. The number of nitrogens with zero attached hydrogens (tertiary/aromatic N) is 1. The Bertz CT molecular complexity index is 751. The van der Waals surface area contributed by atoms with Crippen LogP contribution in [0.5, 0.6) is 17.2 Å². The molecule has 0 saturated heterocycles. The number of guanidine groups is 1. The number of ether oxygens (including phenoxy) is 3. The maximum Gasteiger partial charge on any atom is 0.195 e. The summed E-state index contributed by atoms with van der Waals surface area (Å²) in [5, 5.41) is 6.53. The van der Waals surface area contributed by atoms with Crippen molar-refractivity contribution < 1.29 is 14.2 Å². The van der Waals surface area contributed by atoms with Crippen molar-refractivity contribution >= 4 is 35.6 Å². The van der Waals surface area contributed by atoms with Crippen LogP contribution < -0.4 is 24.8 Å². The molecule has 26 heavy (non-hydrogen) atoms. The van der Waals surface area contributed by atoms with Crippen molar-refractivity contribution in [1.29, 1.82) is 0 Å². The van der Waals surface area contributed by atoms with Gasteiger partial charge in [-0.25, -0.2) is 0 Å². The fourth-order valence-corrected chi connectivity index (χ4v) is 2.47.